The highest BCUT2D eigenvalue weighted by molar-refractivity contribution is 8.00. The van der Waals surface area contributed by atoms with Crippen molar-refractivity contribution in [3.63, 3.8) is 0 Å². The van der Waals surface area contributed by atoms with Gasteiger partial charge in [0.2, 0.25) is 10.9 Å². The molecule has 130 valence electrons. The lowest BCUT2D eigenvalue weighted by Crippen LogP contribution is -2.29. The maximum absolute atomic E-state index is 12.9. The van der Waals surface area contributed by atoms with Crippen LogP contribution in [0.1, 0.15) is 23.7 Å². The molecule has 5 nitrogen and oxygen atoms in total. The van der Waals surface area contributed by atoms with Crippen molar-refractivity contribution < 1.29 is 4.79 Å². The molecule has 2 aromatic heterocycles. The first-order chi connectivity index (χ1) is 12.8. The summed E-state index contributed by atoms with van der Waals surface area (Å²) in [6.45, 7) is 0. The Bertz CT molecular complexity index is 1080. The molecule has 1 amide bonds. The van der Waals surface area contributed by atoms with Crippen LogP contribution in [0.25, 0.3) is 15.2 Å². The van der Waals surface area contributed by atoms with Crippen LogP contribution >= 0.6 is 23.1 Å². The van der Waals surface area contributed by atoms with Gasteiger partial charge in [-0.15, -0.1) is 10.2 Å². The number of benzene rings is 2. The molecular formula is C19H16N4OS2. The number of para-hydroxylation sites is 1. The van der Waals surface area contributed by atoms with Gasteiger partial charge in [0, 0.05) is 6.04 Å². The molecule has 26 heavy (non-hydrogen) atoms. The third-order valence-corrected chi connectivity index (χ3v) is 6.61. The third-order valence-electron chi connectivity index (χ3n) is 4.40. The minimum atomic E-state index is -0.345. The minimum Gasteiger partial charge on any atom is -0.352 e. The van der Waals surface area contributed by atoms with Gasteiger partial charge in [-0.3, -0.25) is 9.20 Å². The van der Waals surface area contributed by atoms with E-state index in [-0.39, 0.29) is 11.2 Å². The summed E-state index contributed by atoms with van der Waals surface area (Å²) in [5, 5.41) is 12.2. The lowest BCUT2D eigenvalue weighted by Gasteiger charge is -2.15. The number of hydrogen-bond acceptors (Lipinski definition) is 5. The van der Waals surface area contributed by atoms with Crippen molar-refractivity contribution >= 4 is 44.2 Å². The molecule has 0 aliphatic heterocycles. The molecule has 0 spiro atoms. The Balaban J connectivity index is 1.55. The maximum atomic E-state index is 12.9. The van der Waals surface area contributed by atoms with E-state index >= 15 is 0 Å². The zero-order valence-corrected chi connectivity index (χ0v) is 15.5. The van der Waals surface area contributed by atoms with Crippen LogP contribution in [0.4, 0.5) is 0 Å². The molecule has 1 N–H and O–H groups in total. The number of thioether (sulfide) groups is 1. The van der Waals surface area contributed by atoms with Crippen molar-refractivity contribution in [3.8, 4) is 0 Å². The Morgan fingerprint density at radius 2 is 1.88 bits per heavy atom. The molecule has 5 rings (SSSR count). The average Bonchev–Trinajstić information content (AvgIpc) is 3.27. The monoisotopic (exact) mass is 380 g/mol. The van der Waals surface area contributed by atoms with Gasteiger partial charge in [0.15, 0.2) is 5.16 Å². The van der Waals surface area contributed by atoms with E-state index in [1.807, 2.05) is 46.9 Å². The Morgan fingerprint density at radius 3 is 2.69 bits per heavy atom. The molecule has 2 aromatic carbocycles. The number of amides is 1. The number of thiazole rings is 1. The highest BCUT2D eigenvalue weighted by Crippen LogP contribution is 2.38. The van der Waals surface area contributed by atoms with Crippen molar-refractivity contribution in [2.24, 2.45) is 0 Å². The smallest absolute Gasteiger partial charge is 0.238 e. The highest BCUT2D eigenvalue weighted by atomic mass is 32.2. The van der Waals surface area contributed by atoms with Crippen LogP contribution in [0.15, 0.2) is 59.8 Å². The lowest BCUT2D eigenvalue weighted by molar-refractivity contribution is -0.120. The summed E-state index contributed by atoms with van der Waals surface area (Å²) < 4.78 is 3.21. The summed E-state index contributed by atoms with van der Waals surface area (Å²) in [6.07, 6.45) is 2.14. The summed E-state index contributed by atoms with van der Waals surface area (Å²) in [7, 11) is 0. The Morgan fingerprint density at radius 1 is 1.12 bits per heavy atom. The zero-order valence-electron chi connectivity index (χ0n) is 13.8. The molecule has 1 fully saturated rings. The summed E-state index contributed by atoms with van der Waals surface area (Å²) in [4.78, 5) is 13.7. The third kappa shape index (κ3) is 2.87. The first kappa shape index (κ1) is 15.8. The van der Waals surface area contributed by atoms with Gasteiger partial charge in [-0.25, -0.2) is 0 Å². The second kappa shape index (κ2) is 6.41. The number of fused-ring (bicyclic) bond motifs is 3. The molecule has 1 saturated carbocycles. The van der Waals surface area contributed by atoms with E-state index in [4.69, 9.17) is 0 Å². The summed E-state index contributed by atoms with van der Waals surface area (Å²) in [5.41, 5.74) is 2.06. The van der Waals surface area contributed by atoms with E-state index in [1.54, 1.807) is 11.3 Å². The molecule has 4 aromatic rings. The molecule has 1 unspecified atom stereocenters. The fourth-order valence-corrected chi connectivity index (χ4v) is 5.02. The van der Waals surface area contributed by atoms with Crippen LogP contribution in [-0.4, -0.2) is 26.5 Å². The van der Waals surface area contributed by atoms with Crippen LogP contribution in [-0.2, 0) is 4.79 Å². The number of rotatable bonds is 5. The average molecular weight is 380 g/mol. The second-order valence-corrected chi connectivity index (χ2v) is 8.44. The van der Waals surface area contributed by atoms with Gasteiger partial charge in [-0.05, 0) is 30.5 Å². The zero-order chi connectivity index (χ0) is 17.5. The highest BCUT2D eigenvalue weighted by Gasteiger charge is 2.30. The Labute approximate surface area is 158 Å². The van der Waals surface area contributed by atoms with E-state index in [9.17, 15) is 4.79 Å². The van der Waals surface area contributed by atoms with Gasteiger partial charge in [0.1, 0.15) is 5.25 Å². The minimum absolute atomic E-state index is 0.0417. The Hall–Kier alpha value is -2.38. The van der Waals surface area contributed by atoms with Crippen molar-refractivity contribution in [2.45, 2.75) is 29.3 Å². The predicted octanol–water partition coefficient (Wildman–Crippen LogP) is 4.06. The molecule has 1 aliphatic carbocycles. The number of nitrogens with zero attached hydrogens (tertiary/aromatic N) is 3. The fourth-order valence-electron chi connectivity index (χ4n) is 2.94. The molecule has 1 atom stereocenters. The lowest BCUT2D eigenvalue weighted by atomic mass is 10.1. The molecule has 0 bridgehead atoms. The van der Waals surface area contributed by atoms with Gasteiger partial charge < -0.3 is 5.32 Å². The normalized spacial score (nSPS) is 15.4. The number of nitrogens with one attached hydrogen (secondary N) is 1. The van der Waals surface area contributed by atoms with Gasteiger partial charge in [-0.1, -0.05) is 65.6 Å². The van der Waals surface area contributed by atoms with Gasteiger partial charge in [0.05, 0.1) is 10.2 Å². The van der Waals surface area contributed by atoms with Crippen molar-refractivity contribution in [2.75, 3.05) is 0 Å². The predicted molar refractivity (Wildman–Crippen MR) is 105 cm³/mol. The van der Waals surface area contributed by atoms with E-state index in [0.717, 1.165) is 38.7 Å². The van der Waals surface area contributed by atoms with E-state index in [1.165, 1.54) is 11.8 Å². The number of hydrogen-bond donors (Lipinski definition) is 1. The molecule has 2 heterocycles. The first-order valence-electron chi connectivity index (χ1n) is 8.54. The van der Waals surface area contributed by atoms with Gasteiger partial charge in [0.25, 0.3) is 0 Å². The van der Waals surface area contributed by atoms with Crippen molar-refractivity contribution in [1.29, 1.82) is 0 Å². The molecule has 7 heteroatoms. The summed E-state index contributed by atoms with van der Waals surface area (Å²) >= 11 is 3.07. The number of aromatic nitrogens is 3. The molecule has 0 radical (unpaired) electrons. The first-order valence-corrected chi connectivity index (χ1v) is 10.2. The van der Waals surface area contributed by atoms with Crippen molar-refractivity contribution in [1.82, 2.24) is 19.9 Å². The number of carbonyl (C=O) groups excluding carboxylic acids is 1. The molecular weight excluding hydrogens is 364 g/mol. The van der Waals surface area contributed by atoms with Crippen LogP contribution < -0.4 is 5.32 Å². The van der Waals surface area contributed by atoms with Crippen molar-refractivity contribution in [3.05, 3.63) is 60.2 Å². The SMILES string of the molecule is O=C(NC1CC1)C(Sc1nnc2sc3ccccc3n12)c1ccccc1. The maximum Gasteiger partial charge on any atom is 0.238 e. The molecule has 0 saturated heterocycles. The fraction of sp³-hybridized carbons (Fsp3) is 0.211. The van der Waals surface area contributed by atoms with Crippen LogP contribution in [0, 0.1) is 0 Å². The Kier molecular flexibility index (Phi) is 3.90. The van der Waals surface area contributed by atoms with Gasteiger partial charge >= 0.3 is 0 Å². The second-order valence-electron chi connectivity index (χ2n) is 6.36. The summed E-state index contributed by atoms with van der Waals surface area (Å²) in [6, 6.07) is 18.4. The van der Waals surface area contributed by atoms with E-state index in [0.29, 0.717) is 6.04 Å². The van der Waals surface area contributed by atoms with E-state index in [2.05, 4.69) is 27.6 Å². The largest absolute Gasteiger partial charge is 0.352 e. The summed E-state index contributed by atoms with van der Waals surface area (Å²) in [5.74, 6) is 0.0417. The van der Waals surface area contributed by atoms with Crippen LogP contribution in [0.5, 0.6) is 0 Å². The quantitative estimate of drug-likeness (QED) is 0.531. The van der Waals surface area contributed by atoms with E-state index < -0.39 is 0 Å². The standard InChI is InChI=1S/C19H16N4OS2/c24-17(20-13-10-11-13)16(12-6-2-1-3-7-12)26-19-22-21-18-23(19)14-8-4-5-9-15(14)25-18/h1-9,13,16H,10-11H2,(H,20,24). The van der Waals surface area contributed by atoms with Crippen LogP contribution in [0.3, 0.4) is 0 Å². The topological polar surface area (TPSA) is 59.3 Å². The van der Waals surface area contributed by atoms with Gasteiger partial charge in [-0.2, -0.15) is 0 Å². The molecule has 1 aliphatic rings. The van der Waals surface area contributed by atoms with Crippen LogP contribution in [0.2, 0.25) is 0 Å². The number of carbonyl (C=O) groups is 1.